The number of hydrogen-bond donors (Lipinski definition) is 3. The number of guanidine groups is 1. The lowest BCUT2D eigenvalue weighted by Crippen LogP contribution is -2.47. The molecule has 0 spiro atoms. The molecule has 3 atom stereocenters. The number of amides is 3. The van der Waals surface area contributed by atoms with Crippen LogP contribution in [0, 0.1) is 5.92 Å². The van der Waals surface area contributed by atoms with Crippen molar-refractivity contribution in [2.45, 2.75) is 97.2 Å². The quantitative estimate of drug-likeness (QED) is 0.0994. The number of alkyl carbamates (subject to hydrolysis) is 3. The van der Waals surface area contributed by atoms with Gasteiger partial charge in [-0.25, -0.2) is 14.4 Å². The average molecular weight is 639 g/mol. The second-order valence-electron chi connectivity index (χ2n) is 13.0. The largest absolute Gasteiger partial charge is 0.460 e. The van der Waals surface area contributed by atoms with Gasteiger partial charge in [-0.1, -0.05) is 60.7 Å². The van der Waals surface area contributed by atoms with Gasteiger partial charge in [-0.05, 0) is 78.4 Å². The molecule has 0 saturated carbocycles. The monoisotopic (exact) mass is 638 g/mol. The summed E-state index contributed by atoms with van der Waals surface area (Å²) in [6, 6.07) is 18.5. The van der Waals surface area contributed by atoms with E-state index in [0.717, 1.165) is 11.1 Å². The number of ether oxygens (including phenoxy) is 4. The molecule has 250 valence electrons. The van der Waals surface area contributed by atoms with Crippen molar-refractivity contribution >= 4 is 30.2 Å². The molecule has 2 aromatic rings. The number of cyclic esters (lactones) is 1. The summed E-state index contributed by atoms with van der Waals surface area (Å²) in [6.45, 7) is 10.6. The Labute approximate surface area is 270 Å². The maximum Gasteiger partial charge on any atom is 0.414 e. The highest BCUT2D eigenvalue weighted by Gasteiger charge is 2.39. The number of hydrogen-bond acceptors (Lipinski definition) is 9. The van der Waals surface area contributed by atoms with Gasteiger partial charge in [0.2, 0.25) is 5.96 Å². The fourth-order valence-electron chi connectivity index (χ4n) is 4.65. The molecule has 3 rings (SSSR count). The molecule has 1 fully saturated rings. The summed E-state index contributed by atoms with van der Waals surface area (Å²) in [7, 11) is 0. The van der Waals surface area contributed by atoms with E-state index in [-0.39, 0.29) is 25.1 Å². The summed E-state index contributed by atoms with van der Waals surface area (Å²) in [5.41, 5.74) is 0.323. The first-order valence-corrected chi connectivity index (χ1v) is 15.4. The molecule has 12 nitrogen and oxygen atoms in total. The summed E-state index contributed by atoms with van der Waals surface area (Å²) < 4.78 is 21.7. The van der Waals surface area contributed by atoms with Gasteiger partial charge in [0.1, 0.15) is 23.9 Å². The SMILES string of the molecule is CC(C)(C)OC(=O)NC(=NCCC[C@@H]1C[C@@H]([C@H](Cc2ccccc2)NC(=O)OCc2ccccc2)OC1=O)NC(=O)OC(C)(C)C. The van der Waals surface area contributed by atoms with Gasteiger partial charge in [0.15, 0.2) is 0 Å². The molecule has 1 heterocycles. The van der Waals surface area contributed by atoms with Crippen molar-refractivity contribution in [2.24, 2.45) is 10.9 Å². The Balaban J connectivity index is 1.60. The Hall–Kier alpha value is -4.61. The molecule has 1 saturated heterocycles. The third-order valence-corrected chi connectivity index (χ3v) is 6.60. The topological polar surface area (TPSA) is 154 Å². The van der Waals surface area contributed by atoms with Crippen LogP contribution in [0.25, 0.3) is 0 Å². The second kappa shape index (κ2) is 16.6. The predicted octanol–water partition coefficient (Wildman–Crippen LogP) is 5.64. The number of rotatable bonds is 10. The zero-order valence-electron chi connectivity index (χ0n) is 27.5. The Morgan fingerprint density at radius 3 is 1.93 bits per heavy atom. The van der Waals surface area contributed by atoms with Gasteiger partial charge in [0.05, 0.1) is 12.0 Å². The maximum absolute atomic E-state index is 12.9. The third-order valence-electron chi connectivity index (χ3n) is 6.60. The van der Waals surface area contributed by atoms with Gasteiger partial charge in [-0.2, -0.15) is 0 Å². The minimum atomic E-state index is -0.788. The molecule has 3 N–H and O–H groups in total. The molecule has 0 aliphatic carbocycles. The number of nitrogens with one attached hydrogen (secondary N) is 3. The number of benzene rings is 2. The Morgan fingerprint density at radius 1 is 0.848 bits per heavy atom. The maximum atomic E-state index is 12.9. The van der Waals surface area contributed by atoms with Crippen LogP contribution in [0.2, 0.25) is 0 Å². The molecule has 1 aliphatic heterocycles. The molecule has 0 unspecified atom stereocenters. The highest BCUT2D eigenvalue weighted by Crippen LogP contribution is 2.28. The van der Waals surface area contributed by atoms with Crippen LogP contribution >= 0.6 is 0 Å². The number of aliphatic imine (C=N–C) groups is 1. The molecule has 0 aromatic heterocycles. The van der Waals surface area contributed by atoms with Crippen molar-refractivity contribution in [3.63, 3.8) is 0 Å². The number of carbonyl (C=O) groups is 4. The van der Waals surface area contributed by atoms with Crippen LogP contribution in [0.1, 0.15) is 71.9 Å². The molecule has 0 radical (unpaired) electrons. The van der Waals surface area contributed by atoms with E-state index in [9.17, 15) is 19.2 Å². The predicted molar refractivity (Wildman–Crippen MR) is 172 cm³/mol. The Morgan fingerprint density at radius 2 is 1.39 bits per heavy atom. The van der Waals surface area contributed by atoms with Crippen molar-refractivity contribution in [1.29, 1.82) is 0 Å². The van der Waals surface area contributed by atoms with Crippen molar-refractivity contribution in [2.75, 3.05) is 6.54 Å². The van der Waals surface area contributed by atoms with Crippen LogP contribution in [0.15, 0.2) is 65.7 Å². The molecule has 3 amide bonds. The minimum Gasteiger partial charge on any atom is -0.460 e. The zero-order valence-corrected chi connectivity index (χ0v) is 27.5. The van der Waals surface area contributed by atoms with E-state index in [1.165, 1.54) is 0 Å². The van der Waals surface area contributed by atoms with Crippen LogP contribution in [0.4, 0.5) is 14.4 Å². The Kier molecular flexibility index (Phi) is 13.0. The van der Waals surface area contributed by atoms with Gasteiger partial charge in [-0.15, -0.1) is 0 Å². The molecular weight excluding hydrogens is 592 g/mol. The van der Waals surface area contributed by atoms with Crippen LogP contribution in [0.5, 0.6) is 0 Å². The fourth-order valence-corrected chi connectivity index (χ4v) is 4.65. The molecule has 0 bridgehead atoms. The molecule has 12 heteroatoms. The van der Waals surface area contributed by atoms with E-state index in [0.29, 0.717) is 25.7 Å². The standard InChI is InChI=1S/C34H46N4O8/c1-33(2,3)45-31(41)37-29(38-32(42)46-34(4,5)6)35-19-13-18-25-21-27(44-28(25)39)26(20-23-14-9-7-10-15-23)36-30(40)43-22-24-16-11-8-12-17-24/h7-12,14-17,25-27H,13,18-22H2,1-6H3,(H,36,40)(H2,35,37,38,41,42)/t25-,26+,27+/m1/s1. The highest BCUT2D eigenvalue weighted by molar-refractivity contribution is 6.01. The first kappa shape index (κ1) is 35.9. The summed E-state index contributed by atoms with van der Waals surface area (Å²) >= 11 is 0. The lowest BCUT2D eigenvalue weighted by molar-refractivity contribution is -0.145. The van der Waals surface area contributed by atoms with Gasteiger partial charge < -0.3 is 24.3 Å². The van der Waals surface area contributed by atoms with Crippen molar-refractivity contribution in [3.05, 3.63) is 71.8 Å². The van der Waals surface area contributed by atoms with Crippen LogP contribution in [-0.2, 0) is 36.8 Å². The van der Waals surface area contributed by atoms with E-state index < -0.39 is 47.5 Å². The fraction of sp³-hybridized carbons (Fsp3) is 0.500. The van der Waals surface area contributed by atoms with E-state index in [1.807, 2.05) is 60.7 Å². The summed E-state index contributed by atoms with van der Waals surface area (Å²) in [5, 5.41) is 7.79. The lowest BCUT2D eigenvalue weighted by Gasteiger charge is -2.24. The van der Waals surface area contributed by atoms with Crippen LogP contribution in [-0.4, -0.2) is 60.1 Å². The van der Waals surface area contributed by atoms with Crippen LogP contribution in [0.3, 0.4) is 0 Å². The van der Waals surface area contributed by atoms with Crippen LogP contribution < -0.4 is 16.0 Å². The summed E-state index contributed by atoms with van der Waals surface area (Å²) in [5.74, 6) is -0.899. The summed E-state index contributed by atoms with van der Waals surface area (Å²) in [6.07, 6.45) is -0.971. The molecule has 46 heavy (non-hydrogen) atoms. The summed E-state index contributed by atoms with van der Waals surface area (Å²) in [4.78, 5) is 54.6. The average Bonchev–Trinajstić information content (AvgIpc) is 3.33. The van der Waals surface area contributed by atoms with Gasteiger partial charge >= 0.3 is 24.2 Å². The van der Waals surface area contributed by atoms with E-state index >= 15 is 0 Å². The first-order valence-electron chi connectivity index (χ1n) is 15.4. The van der Waals surface area contributed by atoms with Gasteiger partial charge in [-0.3, -0.25) is 20.4 Å². The Bertz CT molecular complexity index is 1300. The van der Waals surface area contributed by atoms with E-state index in [2.05, 4.69) is 20.9 Å². The molecule has 1 aliphatic rings. The number of esters is 1. The highest BCUT2D eigenvalue weighted by atomic mass is 16.6. The zero-order chi connectivity index (χ0) is 33.7. The lowest BCUT2D eigenvalue weighted by atomic mass is 9.93. The normalized spacial score (nSPS) is 16.8. The van der Waals surface area contributed by atoms with Crippen molar-refractivity contribution in [1.82, 2.24) is 16.0 Å². The minimum absolute atomic E-state index is 0.117. The smallest absolute Gasteiger partial charge is 0.414 e. The first-order chi connectivity index (χ1) is 21.7. The van der Waals surface area contributed by atoms with E-state index in [4.69, 9.17) is 18.9 Å². The van der Waals surface area contributed by atoms with Crippen molar-refractivity contribution in [3.8, 4) is 0 Å². The second-order valence-corrected chi connectivity index (χ2v) is 13.0. The molecule has 2 aromatic carbocycles. The number of carbonyl (C=O) groups excluding carboxylic acids is 4. The number of nitrogens with zero attached hydrogens (tertiary/aromatic N) is 1. The van der Waals surface area contributed by atoms with E-state index in [1.54, 1.807) is 41.5 Å². The third kappa shape index (κ3) is 13.6. The van der Waals surface area contributed by atoms with Crippen molar-refractivity contribution < 1.29 is 38.1 Å². The van der Waals surface area contributed by atoms with Gasteiger partial charge in [0, 0.05) is 6.54 Å². The van der Waals surface area contributed by atoms with Gasteiger partial charge in [0.25, 0.3) is 0 Å². The molecular formula is C34H46N4O8.